The van der Waals surface area contributed by atoms with Gasteiger partial charge < -0.3 is 5.11 Å². The first-order valence-electron chi connectivity index (χ1n) is 2.69. The van der Waals surface area contributed by atoms with Gasteiger partial charge in [0.15, 0.2) is 0 Å². The summed E-state index contributed by atoms with van der Waals surface area (Å²) in [7, 11) is 0. The predicted octanol–water partition coefficient (Wildman–Crippen LogP) is 1.53. The maximum absolute atomic E-state index is 12.0. The fourth-order valence-corrected chi connectivity index (χ4v) is 0.556. The van der Waals surface area contributed by atoms with Crippen LogP contribution in [0.1, 0.15) is 0 Å². The van der Waals surface area contributed by atoms with E-state index in [1.54, 1.807) is 0 Å². The van der Waals surface area contributed by atoms with Gasteiger partial charge in [-0.05, 0) is 24.3 Å². The molecule has 1 aromatic rings. The first-order valence-corrected chi connectivity index (χ1v) is 3.07. The van der Waals surface area contributed by atoms with Crippen LogP contribution in [0.15, 0.2) is 24.3 Å². The quantitative estimate of drug-likeness (QED) is 0.510. The molecule has 0 aliphatic heterocycles. The Hall–Kier alpha value is -0.0900. The van der Waals surface area contributed by atoms with Crippen molar-refractivity contribution in [3.05, 3.63) is 35.1 Å². The molecule has 0 bridgehead atoms. The second-order valence-corrected chi connectivity index (χ2v) is 1.98. The normalized spacial score (nSPS) is 7.17. The molecule has 0 amide bonds. The number of rotatable bonds is 0. The maximum atomic E-state index is 12.0. The average Bonchev–Trinajstić information content (AvgIpc) is 1.97. The summed E-state index contributed by atoms with van der Waals surface area (Å²) in [6.45, 7) is -0.250. The molecule has 2 nitrogen and oxygen atoms in total. The summed E-state index contributed by atoms with van der Waals surface area (Å²) >= 11 is 5.44. The van der Waals surface area contributed by atoms with Crippen LogP contribution in [0.2, 0.25) is 5.02 Å². The molecular weight excluding hydrogens is 194 g/mol. The molecule has 0 radical (unpaired) electrons. The van der Waals surface area contributed by atoms with Crippen LogP contribution in [0.5, 0.6) is 0 Å². The standard InChI is InChI=1S/C6H4ClF.CH2O2.Na.H/c7-5-1-3-6(8)4-2-5;2-1-3;;/h1-4H;1H,(H,2,3);;. The average molecular weight is 201 g/mol. The first kappa shape index (κ1) is 14.4. The molecule has 0 fully saturated rings. The van der Waals surface area contributed by atoms with Gasteiger partial charge in [0, 0.05) is 5.02 Å². The Morgan fingerprint density at radius 3 is 1.92 bits per heavy atom. The summed E-state index contributed by atoms with van der Waals surface area (Å²) in [6, 6.07) is 5.67. The van der Waals surface area contributed by atoms with Gasteiger partial charge in [-0.2, -0.15) is 0 Å². The minimum absolute atomic E-state index is 0. The first-order chi connectivity index (χ1) is 5.20. The fraction of sp³-hybridized carbons (Fsp3) is 0. The number of halogens is 2. The molecule has 5 heteroatoms. The zero-order valence-corrected chi connectivity index (χ0v) is 6.25. The molecule has 0 unspecified atom stereocenters. The van der Waals surface area contributed by atoms with Crippen molar-refractivity contribution >= 4 is 47.6 Å². The number of carbonyl (C=O) groups is 1. The summed E-state index contributed by atoms with van der Waals surface area (Å²) in [5.74, 6) is -0.255. The monoisotopic (exact) mass is 200 g/mol. The van der Waals surface area contributed by atoms with Gasteiger partial charge in [0.1, 0.15) is 5.82 Å². The molecule has 12 heavy (non-hydrogen) atoms. The van der Waals surface area contributed by atoms with Crippen molar-refractivity contribution in [2.75, 3.05) is 0 Å². The van der Waals surface area contributed by atoms with Crippen molar-refractivity contribution in [3.8, 4) is 0 Å². The summed E-state index contributed by atoms with van der Waals surface area (Å²) in [6.07, 6.45) is 0. The number of carboxylic acid groups (broad SMARTS) is 1. The molecule has 0 saturated carbocycles. The summed E-state index contributed by atoms with van der Waals surface area (Å²) in [5, 5.41) is 7.45. The van der Waals surface area contributed by atoms with Gasteiger partial charge in [-0.3, -0.25) is 4.79 Å². The Labute approximate surface area is 96.6 Å². The third-order valence-corrected chi connectivity index (χ3v) is 1.06. The molecule has 0 atom stereocenters. The van der Waals surface area contributed by atoms with Crippen LogP contribution in [0, 0.1) is 5.82 Å². The summed E-state index contributed by atoms with van der Waals surface area (Å²) in [4.78, 5) is 8.36. The van der Waals surface area contributed by atoms with E-state index < -0.39 is 0 Å². The van der Waals surface area contributed by atoms with Gasteiger partial charge in [0.2, 0.25) is 0 Å². The van der Waals surface area contributed by atoms with Crippen LogP contribution in [0.4, 0.5) is 4.39 Å². The van der Waals surface area contributed by atoms with Crippen molar-refractivity contribution in [1.82, 2.24) is 0 Å². The van der Waals surface area contributed by atoms with Crippen LogP contribution < -0.4 is 0 Å². The van der Waals surface area contributed by atoms with Gasteiger partial charge in [0.05, 0.1) is 0 Å². The van der Waals surface area contributed by atoms with E-state index in [1.807, 2.05) is 0 Å². The van der Waals surface area contributed by atoms with E-state index in [-0.39, 0.29) is 41.8 Å². The van der Waals surface area contributed by atoms with E-state index in [2.05, 4.69) is 0 Å². The van der Waals surface area contributed by atoms with Crippen LogP contribution in [0.25, 0.3) is 0 Å². The second kappa shape index (κ2) is 9.00. The zero-order chi connectivity index (χ0) is 8.69. The molecule has 1 N–H and O–H groups in total. The van der Waals surface area contributed by atoms with Crippen LogP contribution >= 0.6 is 11.6 Å². The van der Waals surface area contributed by atoms with E-state index in [4.69, 9.17) is 21.5 Å². The van der Waals surface area contributed by atoms with E-state index in [0.717, 1.165) is 0 Å². The predicted molar refractivity (Wildman–Crippen MR) is 47.3 cm³/mol. The number of hydrogen-bond donors (Lipinski definition) is 1. The van der Waals surface area contributed by atoms with Crippen LogP contribution in [-0.2, 0) is 4.79 Å². The van der Waals surface area contributed by atoms with Gasteiger partial charge in [-0.25, -0.2) is 4.39 Å². The van der Waals surface area contributed by atoms with Crippen molar-refractivity contribution in [1.29, 1.82) is 0 Å². The molecule has 0 aliphatic rings. The zero-order valence-electron chi connectivity index (χ0n) is 5.50. The second-order valence-electron chi connectivity index (χ2n) is 1.54. The van der Waals surface area contributed by atoms with Crippen molar-refractivity contribution in [2.45, 2.75) is 0 Å². The molecule has 0 heterocycles. The molecule has 0 aromatic heterocycles. The Balaban J connectivity index is 0. The summed E-state index contributed by atoms with van der Waals surface area (Å²) < 4.78 is 12.0. The van der Waals surface area contributed by atoms with E-state index in [9.17, 15) is 4.39 Å². The van der Waals surface area contributed by atoms with Gasteiger partial charge in [0.25, 0.3) is 6.47 Å². The van der Waals surface area contributed by atoms with Crippen molar-refractivity contribution in [2.24, 2.45) is 0 Å². The molecular formula is C7H7ClFNaO2. The van der Waals surface area contributed by atoms with Gasteiger partial charge in [-0.1, -0.05) is 11.6 Å². The third-order valence-electron chi connectivity index (χ3n) is 0.804. The van der Waals surface area contributed by atoms with Crippen molar-refractivity contribution in [3.63, 3.8) is 0 Å². The molecule has 0 saturated heterocycles. The van der Waals surface area contributed by atoms with Gasteiger partial charge >= 0.3 is 29.6 Å². The van der Waals surface area contributed by atoms with Gasteiger partial charge in [-0.15, -0.1) is 0 Å². The number of benzene rings is 1. The van der Waals surface area contributed by atoms with Crippen LogP contribution in [0.3, 0.4) is 0 Å². The topological polar surface area (TPSA) is 37.3 Å². The Kier molecular flexibility index (Phi) is 10.8. The minimum atomic E-state index is -0.255. The van der Waals surface area contributed by atoms with Crippen molar-refractivity contribution < 1.29 is 14.3 Å². The molecule has 1 aromatic carbocycles. The van der Waals surface area contributed by atoms with E-state index >= 15 is 0 Å². The Morgan fingerprint density at radius 2 is 1.67 bits per heavy atom. The third kappa shape index (κ3) is 8.01. The summed E-state index contributed by atoms with van der Waals surface area (Å²) in [5.41, 5.74) is 0. The number of hydrogen-bond acceptors (Lipinski definition) is 1. The van der Waals surface area contributed by atoms with E-state index in [1.165, 1.54) is 24.3 Å². The molecule has 1 rings (SSSR count). The molecule has 0 aliphatic carbocycles. The SMILES string of the molecule is Fc1ccc(Cl)cc1.O=CO.[NaH]. The molecule has 62 valence electrons. The Bertz CT molecular complexity index is 194. The fourth-order valence-electron chi connectivity index (χ4n) is 0.430. The van der Waals surface area contributed by atoms with E-state index in [0.29, 0.717) is 5.02 Å². The Morgan fingerprint density at radius 1 is 1.33 bits per heavy atom. The molecule has 0 spiro atoms. The van der Waals surface area contributed by atoms with Crippen LogP contribution in [-0.4, -0.2) is 41.1 Å².